The lowest BCUT2D eigenvalue weighted by atomic mass is 10.1. The molecule has 1 heterocycles. The summed E-state index contributed by atoms with van der Waals surface area (Å²) in [6, 6.07) is 3.87. The Labute approximate surface area is 134 Å². The lowest BCUT2D eigenvalue weighted by molar-refractivity contribution is -0.137. The van der Waals surface area contributed by atoms with E-state index in [1.807, 2.05) is 0 Å². The van der Waals surface area contributed by atoms with Gasteiger partial charge in [0, 0.05) is 7.05 Å². The van der Waals surface area contributed by atoms with Crippen LogP contribution in [0, 0.1) is 6.92 Å². The van der Waals surface area contributed by atoms with Gasteiger partial charge in [-0.05, 0) is 25.1 Å². The van der Waals surface area contributed by atoms with Gasteiger partial charge in [0.25, 0.3) is 0 Å². The second-order valence-electron chi connectivity index (χ2n) is 4.61. The van der Waals surface area contributed by atoms with E-state index in [2.05, 4.69) is 15.1 Å². The summed E-state index contributed by atoms with van der Waals surface area (Å²) in [7, 11) is 1.63. The highest BCUT2D eigenvalue weighted by Gasteiger charge is 2.31. The lowest BCUT2D eigenvalue weighted by Gasteiger charge is -2.07. The fraction of sp³-hybridized carbons (Fsp3) is 0.214. The summed E-state index contributed by atoms with van der Waals surface area (Å²) in [4.78, 5) is 16.3. The number of hydrogen-bond acceptors (Lipinski definition) is 4. The van der Waals surface area contributed by atoms with E-state index in [0.29, 0.717) is 22.5 Å². The molecule has 122 valence electrons. The second kappa shape index (κ2) is 6.41. The minimum absolute atomic E-state index is 0.258. The lowest BCUT2D eigenvalue weighted by Crippen LogP contribution is -2.08. The molecule has 0 spiro atoms. The molecule has 0 atom stereocenters. The van der Waals surface area contributed by atoms with Gasteiger partial charge in [-0.1, -0.05) is 22.8 Å². The number of halogens is 4. The third-order valence-electron chi connectivity index (χ3n) is 2.94. The van der Waals surface area contributed by atoms with Crippen molar-refractivity contribution in [3.8, 4) is 0 Å². The second-order valence-corrected chi connectivity index (χ2v) is 4.96. The molecule has 0 saturated carbocycles. The molecule has 0 aliphatic heterocycles. The summed E-state index contributed by atoms with van der Waals surface area (Å²) in [5.41, 5.74) is -0.185. The first-order chi connectivity index (χ1) is 10.7. The number of benzene rings is 1. The summed E-state index contributed by atoms with van der Waals surface area (Å²) in [5, 5.41) is 7.78. The van der Waals surface area contributed by atoms with E-state index in [1.54, 1.807) is 14.0 Å². The Hall–Kier alpha value is -2.35. The molecule has 0 radical (unpaired) electrons. The Bertz CT molecular complexity index is 769. The number of nitrogens with zero attached hydrogens (tertiary/aromatic N) is 3. The van der Waals surface area contributed by atoms with Crippen molar-refractivity contribution in [2.45, 2.75) is 13.1 Å². The predicted molar refractivity (Wildman–Crippen MR) is 77.4 cm³/mol. The van der Waals surface area contributed by atoms with Crippen molar-refractivity contribution in [1.29, 1.82) is 0 Å². The summed E-state index contributed by atoms with van der Waals surface area (Å²) < 4.78 is 39.2. The van der Waals surface area contributed by atoms with Crippen molar-refractivity contribution in [2.24, 2.45) is 12.2 Å². The zero-order valence-corrected chi connectivity index (χ0v) is 12.8. The maximum Gasteiger partial charge on any atom is 0.416 e. The van der Waals surface area contributed by atoms with E-state index in [4.69, 9.17) is 11.6 Å². The van der Waals surface area contributed by atoms with Crippen molar-refractivity contribution in [3.05, 3.63) is 51.8 Å². The number of alkyl halides is 3. The highest BCUT2D eigenvalue weighted by molar-refractivity contribution is 6.32. The van der Waals surface area contributed by atoms with Crippen LogP contribution in [0.2, 0.25) is 5.15 Å². The van der Waals surface area contributed by atoms with Gasteiger partial charge in [0.1, 0.15) is 5.15 Å². The summed E-state index contributed by atoms with van der Waals surface area (Å²) in [5.74, 6) is -1.01. The van der Waals surface area contributed by atoms with Gasteiger partial charge in [-0.3, -0.25) is 4.68 Å². The van der Waals surface area contributed by atoms with Crippen LogP contribution in [-0.4, -0.2) is 22.0 Å². The molecule has 23 heavy (non-hydrogen) atoms. The van der Waals surface area contributed by atoms with E-state index >= 15 is 0 Å². The molecular weight excluding hydrogens is 335 g/mol. The average Bonchev–Trinajstić information content (AvgIpc) is 2.72. The van der Waals surface area contributed by atoms with Crippen LogP contribution in [0.4, 0.5) is 13.2 Å². The fourth-order valence-corrected chi connectivity index (χ4v) is 2.02. The van der Waals surface area contributed by atoms with Crippen LogP contribution in [0.3, 0.4) is 0 Å². The molecule has 5 nitrogen and oxygen atoms in total. The first kappa shape index (κ1) is 17.0. The Kier molecular flexibility index (Phi) is 4.74. The molecule has 1 aromatic carbocycles. The van der Waals surface area contributed by atoms with Gasteiger partial charge in [-0.2, -0.15) is 18.3 Å². The van der Waals surface area contributed by atoms with E-state index < -0.39 is 17.7 Å². The SMILES string of the molecule is Cc1nn(C)c(Cl)c1C=NOC(=O)c1cccc(C(F)(F)F)c1. The summed E-state index contributed by atoms with van der Waals surface area (Å²) in [6.07, 6.45) is -3.37. The van der Waals surface area contributed by atoms with Crippen LogP contribution in [-0.2, 0) is 18.1 Å². The minimum atomic E-state index is -4.54. The molecular formula is C14H11ClF3N3O2. The van der Waals surface area contributed by atoms with E-state index in [1.165, 1.54) is 17.0 Å². The maximum atomic E-state index is 12.6. The molecule has 0 bridgehead atoms. The summed E-state index contributed by atoms with van der Waals surface area (Å²) in [6.45, 7) is 1.68. The number of oxime groups is 1. The molecule has 0 fully saturated rings. The Balaban J connectivity index is 2.12. The third-order valence-corrected chi connectivity index (χ3v) is 3.39. The van der Waals surface area contributed by atoms with Gasteiger partial charge < -0.3 is 4.84 Å². The highest BCUT2D eigenvalue weighted by atomic mass is 35.5. The predicted octanol–water partition coefficient (Wildman–Crippen LogP) is 3.59. The Morgan fingerprint density at radius 1 is 1.43 bits per heavy atom. The van der Waals surface area contributed by atoms with Crippen LogP contribution in [0.1, 0.15) is 27.2 Å². The smallest absolute Gasteiger partial charge is 0.313 e. The van der Waals surface area contributed by atoms with E-state index in [-0.39, 0.29) is 5.56 Å². The van der Waals surface area contributed by atoms with E-state index in [9.17, 15) is 18.0 Å². The van der Waals surface area contributed by atoms with E-state index in [0.717, 1.165) is 12.1 Å². The number of rotatable bonds is 3. The van der Waals surface area contributed by atoms with Crippen molar-refractivity contribution < 1.29 is 22.8 Å². The van der Waals surface area contributed by atoms with Crippen LogP contribution in [0.15, 0.2) is 29.4 Å². The number of carbonyl (C=O) groups is 1. The van der Waals surface area contributed by atoms with Gasteiger partial charge in [-0.25, -0.2) is 4.79 Å². The molecule has 0 unspecified atom stereocenters. The quantitative estimate of drug-likeness (QED) is 0.485. The van der Waals surface area contributed by atoms with Crippen LogP contribution in [0.5, 0.6) is 0 Å². The van der Waals surface area contributed by atoms with Crippen molar-refractivity contribution in [3.63, 3.8) is 0 Å². The van der Waals surface area contributed by atoms with Crippen LogP contribution in [0.25, 0.3) is 0 Å². The molecule has 0 aliphatic rings. The third kappa shape index (κ3) is 3.89. The molecule has 9 heteroatoms. The molecule has 2 rings (SSSR count). The first-order valence-electron chi connectivity index (χ1n) is 6.31. The monoisotopic (exact) mass is 345 g/mol. The van der Waals surface area contributed by atoms with Crippen LogP contribution >= 0.6 is 11.6 Å². The van der Waals surface area contributed by atoms with Crippen molar-refractivity contribution in [1.82, 2.24) is 9.78 Å². The first-order valence-corrected chi connectivity index (χ1v) is 6.69. The Morgan fingerprint density at radius 3 is 2.70 bits per heavy atom. The Morgan fingerprint density at radius 2 is 2.13 bits per heavy atom. The van der Waals surface area contributed by atoms with Gasteiger partial charge in [-0.15, -0.1) is 0 Å². The number of aromatic nitrogens is 2. The molecule has 0 N–H and O–H groups in total. The number of aryl methyl sites for hydroxylation is 2. The highest BCUT2D eigenvalue weighted by Crippen LogP contribution is 2.29. The molecule has 0 aliphatic carbocycles. The van der Waals surface area contributed by atoms with Gasteiger partial charge in [0.15, 0.2) is 0 Å². The molecule has 2 aromatic rings. The van der Waals surface area contributed by atoms with Crippen molar-refractivity contribution >= 4 is 23.8 Å². The topological polar surface area (TPSA) is 56.5 Å². The number of hydrogen-bond donors (Lipinski definition) is 0. The normalized spacial score (nSPS) is 11.9. The average molecular weight is 346 g/mol. The van der Waals surface area contributed by atoms with Crippen LogP contribution < -0.4 is 0 Å². The minimum Gasteiger partial charge on any atom is -0.313 e. The summed E-state index contributed by atoms with van der Waals surface area (Å²) >= 11 is 5.96. The van der Waals surface area contributed by atoms with Gasteiger partial charge in [0.05, 0.1) is 28.6 Å². The zero-order chi connectivity index (χ0) is 17.2. The van der Waals surface area contributed by atoms with Crippen molar-refractivity contribution in [2.75, 3.05) is 0 Å². The standard InChI is InChI=1S/C14H11ClF3N3O2/c1-8-11(12(15)21(2)20-8)7-19-23-13(22)9-4-3-5-10(6-9)14(16,17)18/h3-7H,1-2H3. The van der Waals surface area contributed by atoms with Gasteiger partial charge in [0.2, 0.25) is 0 Å². The molecule has 0 amide bonds. The molecule has 1 aromatic heterocycles. The zero-order valence-electron chi connectivity index (χ0n) is 12.1. The maximum absolute atomic E-state index is 12.6. The fourth-order valence-electron chi connectivity index (χ4n) is 1.80. The number of carbonyl (C=O) groups excluding carboxylic acids is 1. The largest absolute Gasteiger partial charge is 0.416 e. The molecule has 0 saturated heterocycles. The van der Waals surface area contributed by atoms with Gasteiger partial charge >= 0.3 is 12.1 Å².